The van der Waals surface area contributed by atoms with Crippen molar-refractivity contribution < 1.29 is 4.79 Å². The van der Waals surface area contributed by atoms with Gasteiger partial charge in [0, 0.05) is 0 Å². The molecule has 2 nitrogen and oxygen atoms in total. The molecule has 1 aromatic carbocycles. The summed E-state index contributed by atoms with van der Waals surface area (Å²) >= 11 is 0. The third-order valence-electron chi connectivity index (χ3n) is 4.25. The molecule has 0 aliphatic heterocycles. The van der Waals surface area contributed by atoms with E-state index in [1.807, 2.05) is 30.3 Å². The van der Waals surface area contributed by atoms with Gasteiger partial charge in [0.25, 0.3) is 0 Å². The van der Waals surface area contributed by atoms with Crippen molar-refractivity contribution in [1.82, 2.24) is 0 Å². The Bertz CT molecular complexity index is 472. The Morgan fingerprint density at radius 2 is 2.00 bits per heavy atom. The first-order valence-corrected chi connectivity index (χ1v) is 6.62. The van der Waals surface area contributed by atoms with E-state index in [-0.39, 0.29) is 11.7 Å². The second kappa shape index (κ2) is 4.94. The van der Waals surface area contributed by atoms with Crippen LogP contribution in [0.15, 0.2) is 30.3 Å². The molecule has 0 spiro atoms. The second-order valence-electron chi connectivity index (χ2n) is 5.43. The van der Waals surface area contributed by atoms with Crippen LogP contribution in [0.25, 0.3) is 0 Å². The summed E-state index contributed by atoms with van der Waals surface area (Å²) in [5.41, 5.74) is 0.616. The smallest absolute Gasteiger partial charge is 0.160 e. The first-order valence-electron chi connectivity index (χ1n) is 6.62. The van der Waals surface area contributed by atoms with Gasteiger partial charge in [-0.3, -0.25) is 4.79 Å². The number of benzene rings is 1. The summed E-state index contributed by atoms with van der Waals surface area (Å²) in [5.74, 6) is -0.0812. The molecule has 0 saturated heterocycles. The van der Waals surface area contributed by atoms with Crippen LogP contribution in [0.1, 0.15) is 38.7 Å². The van der Waals surface area contributed by atoms with E-state index in [9.17, 15) is 4.79 Å². The van der Waals surface area contributed by atoms with E-state index in [1.54, 1.807) is 0 Å². The predicted molar refractivity (Wildman–Crippen MR) is 70.9 cm³/mol. The van der Waals surface area contributed by atoms with Crippen LogP contribution in [0.2, 0.25) is 0 Å². The topological polar surface area (TPSA) is 40.9 Å². The highest BCUT2D eigenvalue weighted by atomic mass is 16.1. The molecule has 1 fully saturated rings. The van der Waals surface area contributed by atoms with Gasteiger partial charge in [-0.1, -0.05) is 50.6 Å². The molecule has 0 bridgehead atoms. The third-order valence-corrected chi connectivity index (χ3v) is 4.25. The molecule has 1 aromatic rings. The van der Waals surface area contributed by atoms with Gasteiger partial charge in [0.1, 0.15) is 5.92 Å². The Morgan fingerprint density at radius 3 is 2.56 bits per heavy atom. The lowest BCUT2D eigenvalue weighted by Crippen LogP contribution is -2.47. The molecule has 1 aliphatic rings. The van der Waals surface area contributed by atoms with Crippen LogP contribution in [-0.2, 0) is 10.2 Å². The van der Waals surface area contributed by atoms with Crippen molar-refractivity contribution in [2.45, 2.75) is 38.5 Å². The van der Waals surface area contributed by atoms with E-state index >= 15 is 0 Å². The molecule has 2 unspecified atom stereocenters. The van der Waals surface area contributed by atoms with E-state index in [1.165, 1.54) is 0 Å². The lowest BCUT2D eigenvalue weighted by Gasteiger charge is -2.41. The van der Waals surface area contributed by atoms with Gasteiger partial charge in [0.15, 0.2) is 5.78 Å². The van der Waals surface area contributed by atoms with Crippen molar-refractivity contribution in [1.29, 1.82) is 5.26 Å². The fourth-order valence-electron chi connectivity index (χ4n) is 3.20. The Kier molecular flexibility index (Phi) is 3.52. The summed E-state index contributed by atoms with van der Waals surface area (Å²) in [7, 11) is 0. The maximum Gasteiger partial charge on any atom is 0.160 e. The van der Waals surface area contributed by atoms with Crippen molar-refractivity contribution in [2.24, 2.45) is 11.8 Å². The van der Waals surface area contributed by atoms with Crippen molar-refractivity contribution in [3.8, 4) is 6.07 Å². The number of carbonyl (C=O) groups is 1. The summed E-state index contributed by atoms with van der Waals surface area (Å²) < 4.78 is 0. The zero-order valence-corrected chi connectivity index (χ0v) is 11.0. The Balaban J connectivity index is 2.51. The molecular weight excluding hydrogens is 222 g/mol. The van der Waals surface area contributed by atoms with E-state index in [2.05, 4.69) is 19.9 Å². The fraction of sp³-hybridized carbons (Fsp3) is 0.500. The maximum atomic E-state index is 12.7. The van der Waals surface area contributed by atoms with Gasteiger partial charge in [-0.15, -0.1) is 0 Å². The summed E-state index contributed by atoms with van der Waals surface area (Å²) in [4.78, 5) is 12.7. The number of ketones is 1. The lowest BCUT2D eigenvalue weighted by molar-refractivity contribution is -0.131. The zero-order chi connectivity index (χ0) is 13.2. The SMILES string of the molecule is CC(C)C1(c2ccccc2)CCCC(C#N)C1=O. The first-order chi connectivity index (χ1) is 8.63. The molecule has 94 valence electrons. The fourth-order valence-corrected chi connectivity index (χ4v) is 3.20. The van der Waals surface area contributed by atoms with E-state index in [4.69, 9.17) is 5.26 Å². The van der Waals surface area contributed by atoms with Crippen LogP contribution in [0.5, 0.6) is 0 Å². The summed E-state index contributed by atoms with van der Waals surface area (Å²) in [5, 5.41) is 9.15. The summed E-state index contributed by atoms with van der Waals surface area (Å²) in [6.07, 6.45) is 2.54. The number of nitrogens with zero attached hydrogens (tertiary/aromatic N) is 1. The molecule has 1 aliphatic carbocycles. The predicted octanol–water partition coefficient (Wildman–Crippen LogP) is 3.47. The molecule has 0 N–H and O–H groups in total. The minimum absolute atomic E-state index is 0.123. The van der Waals surface area contributed by atoms with E-state index < -0.39 is 11.3 Å². The lowest BCUT2D eigenvalue weighted by atomic mass is 9.60. The molecule has 0 radical (unpaired) electrons. The number of nitriles is 1. The standard InChI is InChI=1S/C16H19NO/c1-12(2)16(14-8-4-3-5-9-14)10-6-7-13(11-17)15(16)18/h3-5,8-9,12-13H,6-7,10H2,1-2H3. The van der Waals surface area contributed by atoms with Crippen LogP contribution in [0.3, 0.4) is 0 Å². The molecule has 1 saturated carbocycles. The molecule has 2 rings (SSSR count). The molecule has 18 heavy (non-hydrogen) atoms. The van der Waals surface area contributed by atoms with Gasteiger partial charge in [0.05, 0.1) is 11.5 Å². The van der Waals surface area contributed by atoms with Gasteiger partial charge in [-0.25, -0.2) is 0 Å². The highest BCUT2D eigenvalue weighted by Gasteiger charge is 2.48. The van der Waals surface area contributed by atoms with Crippen LogP contribution < -0.4 is 0 Å². The largest absolute Gasteiger partial charge is 0.297 e. The number of hydrogen-bond donors (Lipinski definition) is 0. The zero-order valence-electron chi connectivity index (χ0n) is 11.0. The molecule has 2 heteroatoms. The van der Waals surface area contributed by atoms with Gasteiger partial charge in [-0.2, -0.15) is 5.26 Å². The summed E-state index contributed by atoms with van der Waals surface area (Å²) in [6, 6.07) is 12.1. The monoisotopic (exact) mass is 241 g/mol. The normalized spacial score (nSPS) is 28.1. The average molecular weight is 241 g/mol. The molecule has 0 aromatic heterocycles. The number of carbonyl (C=O) groups excluding carboxylic acids is 1. The quantitative estimate of drug-likeness (QED) is 0.795. The number of Topliss-reactive ketones (excluding diaryl/α,β-unsaturated/α-hetero) is 1. The minimum atomic E-state index is -0.458. The van der Waals surface area contributed by atoms with Crippen LogP contribution >= 0.6 is 0 Å². The van der Waals surface area contributed by atoms with Crippen LogP contribution in [0.4, 0.5) is 0 Å². The third kappa shape index (κ3) is 1.84. The van der Waals surface area contributed by atoms with Gasteiger partial charge >= 0.3 is 0 Å². The van der Waals surface area contributed by atoms with Crippen LogP contribution in [0, 0.1) is 23.2 Å². The molecule has 0 amide bonds. The Hall–Kier alpha value is -1.62. The second-order valence-corrected chi connectivity index (χ2v) is 5.43. The average Bonchev–Trinajstić information content (AvgIpc) is 2.40. The van der Waals surface area contributed by atoms with E-state index in [0.717, 1.165) is 24.8 Å². The Morgan fingerprint density at radius 1 is 1.33 bits per heavy atom. The van der Waals surface area contributed by atoms with Gasteiger partial charge in [0.2, 0.25) is 0 Å². The number of hydrogen-bond acceptors (Lipinski definition) is 2. The van der Waals surface area contributed by atoms with Crippen molar-refractivity contribution in [3.63, 3.8) is 0 Å². The minimum Gasteiger partial charge on any atom is -0.297 e. The van der Waals surface area contributed by atoms with Crippen molar-refractivity contribution in [3.05, 3.63) is 35.9 Å². The summed E-state index contributed by atoms with van der Waals surface area (Å²) in [6.45, 7) is 4.18. The van der Waals surface area contributed by atoms with Crippen molar-refractivity contribution >= 4 is 5.78 Å². The Labute approximate surface area is 109 Å². The van der Waals surface area contributed by atoms with E-state index in [0.29, 0.717) is 0 Å². The molecule has 0 heterocycles. The first kappa shape index (κ1) is 12.8. The van der Waals surface area contributed by atoms with Gasteiger partial charge in [-0.05, 0) is 24.3 Å². The van der Waals surface area contributed by atoms with Gasteiger partial charge < -0.3 is 0 Å². The maximum absolute atomic E-state index is 12.7. The number of rotatable bonds is 2. The highest BCUT2D eigenvalue weighted by molar-refractivity contribution is 5.94. The molecular formula is C16H19NO. The van der Waals surface area contributed by atoms with Crippen LogP contribution in [-0.4, -0.2) is 5.78 Å². The molecule has 2 atom stereocenters. The highest BCUT2D eigenvalue weighted by Crippen LogP contribution is 2.44. The van der Waals surface area contributed by atoms with Crippen molar-refractivity contribution in [2.75, 3.05) is 0 Å².